The minimum Gasteiger partial charge on any atom is -0.444 e. The van der Waals surface area contributed by atoms with E-state index in [4.69, 9.17) is 4.74 Å². The standard InChI is InChI=1S/C13H21N3O2/c1-5-15-9-14-6-11(15)10-7-16(8-10)12(17)18-13(2,3)4/h6,9-10H,5,7-8H2,1-4H3. The van der Waals surface area contributed by atoms with Gasteiger partial charge in [0.05, 0.1) is 6.33 Å². The van der Waals surface area contributed by atoms with Crippen molar-refractivity contribution in [3.63, 3.8) is 0 Å². The first kappa shape index (κ1) is 12.9. The quantitative estimate of drug-likeness (QED) is 0.810. The molecular weight excluding hydrogens is 230 g/mol. The number of hydrogen-bond acceptors (Lipinski definition) is 3. The van der Waals surface area contributed by atoms with Crippen molar-refractivity contribution >= 4 is 6.09 Å². The number of aryl methyl sites for hydroxylation is 1. The molecule has 2 rings (SSSR count). The maximum Gasteiger partial charge on any atom is 0.410 e. The van der Waals surface area contributed by atoms with Crippen LogP contribution in [0.25, 0.3) is 0 Å². The molecule has 5 heteroatoms. The molecule has 0 radical (unpaired) electrons. The zero-order valence-electron chi connectivity index (χ0n) is 11.5. The van der Waals surface area contributed by atoms with Gasteiger partial charge in [-0.05, 0) is 27.7 Å². The van der Waals surface area contributed by atoms with Crippen molar-refractivity contribution in [2.24, 2.45) is 0 Å². The molecule has 0 bridgehead atoms. The molecule has 18 heavy (non-hydrogen) atoms. The molecule has 1 aromatic heterocycles. The minimum atomic E-state index is -0.423. The van der Waals surface area contributed by atoms with Crippen molar-refractivity contribution in [2.45, 2.75) is 45.8 Å². The Balaban J connectivity index is 1.89. The zero-order chi connectivity index (χ0) is 13.3. The van der Waals surface area contributed by atoms with Gasteiger partial charge in [-0.2, -0.15) is 0 Å². The number of carbonyl (C=O) groups excluding carboxylic acids is 1. The van der Waals surface area contributed by atoms with Crippen LogP contribution in [0.15, 0.2) is 12.5 Å². The van der Waals surface area contributed by atoms with Crippen molar-refractivity contribution in [3.05, 3.63) is 18.2 Å². The van der Waals surface area contributed by atoms with Crippen LogP contribution in [-0.4, -0.2) is 39.2 Å². The largest absolute Gasteiger partial charge is 0.444 e. The third-order valence-corrected chi connectivity index (χ3v) is 3.04. The Labute approximate surface area is 108 Å². The topological polar surface area (TPSA) is 47.4 Å². The number of ether oxygens (including phenoxy) is 1. The molecule has 1 aliphatic rings. The van der Waals surface area contributed by atoms with E-state index in [2.05, 4.69) is 16.5 Å². The normalized spacial score (nSPS) is 16.6. The SMILES string of the molecule is CCn1cncc1C1CN(C(=O)OC(C)(C)C)C1. The van der Waals surface area contributed by atoms with Gasteiger partial charge in [0, 0.05) is 37.4 Å². The number of rotatable bonds is 2. The Bertz CT molecular complexity index is 428. The second-order valence-corrected chi connectivity index (χ2v) is 5.69. The van der Waals surface area contributed by atoms with Crippen molar-refractivity contribution in [1.82, 2.24) is 14.5 Å². The molecule has 100 valence electrons. The van der Waals surface area contributed by atoms with E-state index in [-0.39, 0.29) is 6.09 Å². The smallest absolute Gasteiger partial charge is 0.410 e. The summed E-state index contributed by atoms with van der Waals surface area (Å²) in [5.41, 5.74) is 0.783. The van der Waals surface area contributed by atoms with Crippen LogP contribution in [0, 0.1) is 0 Å². The van der Waals surface area contributed by atoms with Crippen LogP contribution in [0.3, 0.4) is 0 Å². The van der Waals surface area contributed by atoms with Gasteiger partial charge in [-0.3, -0.25) is 0 Å². The Hall–Kier alpha value is -1.52. The van der Waals surface area contributed by atoms with Crippen molar-refractivity contribution in [3.8, 4) is 0 Å². The third-order valence-electron chi connectivity index (χ3n) is 3.04. The number of carbonyl (C=O) groups is 1. The number of nitrogens with zero attached hydrogens (tertiary/aromatic N) is 3. The van der Waals surface area contributed by atoms with Crippen molar-refractivity contribution < 1.29 is 9.53 Å². The van der Waals surface area contributed by atoms with Gasteiger partial charge < -0.3 is 14.2 Å². The zero-order valence-corrected chi connectivity index (χ0v) is 11.5. The molecule has 0 spiro atoms. The van der Waals surface area contributed by atoms with Gasteiger partial charge in [0.2, 0.25) is 0 Å². The summed E-state index contributed by atoms with van der Waals surface area (Å²) in [4.78, 5) is 17.7. The van der Waals surface area contributed by atoms with Crippen LogP contribution in [0.2, 0.25) is 0 Å². The fraction of sp³-hybridized carbons (Fsp3) is 0.692. The highest BCUT2D eigenvalue weighted by atomic mass is 16.6. The molecule has 1 aliphatic heterocycles. The number of hydrogen-bond donors (Lipinski definition) is 0. The summed E-state index contributed by atoms with van der Waals surface area (Å²) in [7, 11) is 0. The Morgan fingerprint density at radius 1 is 1.50 bits per heavy atom. The van der Waals surface area contributed by atoms with E-state index in [9.17, 15) is 4.79 Å². The van der Waals surface area contributed by atoms with Crippen LogP contribution < -0.4 is 0 Å². The number of amides is 1. The summed E-state index contributed by atoms with van der Waals surface area (Å²) in [6.07, 6.45) is 3.51. The van der Waals surface area contributed by atoms with Crippen LogP contribution >= 0.6 is 0 Å². The second-order valence-electron chi connectivity index (χ2n) is 5.69. The Morgan fingerprint density at radius 3 is 2.72 bits per heavy atom. The summed E-state index contributed by atoms with van der Waals surface area (Å²) in [5.74, 6) is 0.389. The van der Waals surface area contributed by atoms with Gasteiger partial charge in [0.15, 0.2) is 0 Å². The van der Waals surface area contributed by atoms with Crippen LogP contribution in [-0.2, 0) is 11.3 Å². The molecular formula is C13H21N3O2. The predicted molar refractivity (Wildman–Crippen MR) is 68.4 cm³/mol. The van der Waals surface area contributed by atoms with Gasteiger partial charge in [-0.15, -0.1) is 0 Å². The summed E-state index contributed by atoms with van der Waals surface area (Å²) in [6, 6.07) is 0. The fourth-order valence-corrected chi connectivity index (χ4v) is 2.08. The molecule has 0 atom stereocenters. The first-order valence-corrected chi connectivity index (χ1v) is 6.38. The summed E-state index contributed by atoms with van der Waals surface area (Å²) >= 11 is 0. The second kappa shape index (κ2) is 4.63. The van der Waals surface area contributed by atoms with Gasteiger partial charge in [-0.25, -0.2) is 9.78 Å². The van der Waals surface area contributed by atoms with Crippen LogP contribution in [0.4, 0.5) is 4.79 Å². The highest BCUT2D eigenvalue weighted by molar-refractivity contribution is 5.69. The Morgan fingerprint density at radius 2 is 2.17 bits per heavy atom. The molecule has 0 N–H and O–H groups in total. The molecule has 0 unspecified atom stereocenters. The van der Waals surface area contributed by atoms with E-state index in [0.29, 0.717) is 5.92 Å². The van der Waals surface area contributed by atoms with Gasteiger partial charge in [0.1, 0.15) is 5.60 Å². The van der Waals surface area contributed by atoms with E-state index in [1.807, 2.05) is 33.3 Å². The molecule has 2 heterocycles. The lowest BCUT2D eigenvalue weighted by Gasteiger charge is -2.39. The average Bonchev–Trinajstić information content (AvgIpc) is 2.60. The molecule has 1 fully saturated rings. The minimum absolute atomic E-state index is 0.221. The van der Waals surface area contributed by atoms with Gasteiger partial charge in [0.25, 0.3) is 0 Å². The Kier molecular flexibility index (Phi) is 3.32. The lowest BCUT2D eigenvalue weighted by Crippen LogP contribution is -2.50. The van der Waals surface area contributed by atoms with Gasteiger partial charge >= 0.3 is 6.09 Å². The van der Waals surface area contributed by atoms with Crippen molar-refractivity contribution in [1.29, 1.82) is 0 Å². The molecule has 5 nitrogen and oxygen atoms in total. The molecule has 0 aromatic carbocycles. The summed E-state index contributed by atoms with van der Waals surface area (Å²) < 4.78 is 7.45. The lowest BCUT2D eigenvalue weighted by atomic mass is 9.97. The lowest BCUT2D eigenvalue weighted by molar-refractivity contribution is 0.00760. The molecule has 1 saturated heterocycles. The van der Waals surface area contributed by atoms with E-state index in [1.54, 1.807) is 4.90 Å². The molecule has 0 saturated carbocycles. The van der Waals surface area contributed by atoms with Crippen LogP contribution in [0.5, 0.6) is 0 Å². The highest BCUT2D eigenvalue weighted by Crippen LogP contribution is 2.28. The first-order valence-electron chi connectivity index (χ1n) is 6.38. The summed E-state index contributed by atoms with van der Waals surface area (Å²) in [6.45, 7) is 10.1. The fourth-order valence-electron chi connectivity index (χ4n) is 2.08. The van der Waals surface area contributed by atoms with E-state index < -0.39 is 5.60 Å². The van der Waals surface area contributed by atoms with Crippen LogP contribution in [0.1, 0.15) is 39.3 Å². The van der Waals surface area contributed by atoms with E-state index >= 15 is 0 Å². The summed E-state index contributed by atoms with van der Waals surface area (Å²) in [5, 5.41) is 0. The number of aromatic nitrogens is 2. The molecule has 1 aromatic rings. The predicted octanol–water partition coefficient (Wildman–Crippen LogP) is 2.24. The molecule has 0 aliphatic carbocycles. The van der Waals surface area contributed by atoms with E-state index in [0.717, 1.165) is 19.6 Å². The number of likely N-dealkylation sites (tertiary alicyclic amines) is 1. The van der Waals surface area contributed by atoms with E-state index in [1.165, 1.54) is 5.69 Å². The first-order chi connectivity index (χ1) is 8.40. The highest BCUT2D eigenvalue weighted by Gasteiger charge is 2.35. The maximum absolute atomic E-state index is 11.8. The monoisotopic (exact) mass is 251 g/mol. The maximum atomic E-state index is 11.8. The number of imidazole rings is 1. The average molecular weight is 251 g/mol. The third kappa shape index (κ3) is 2.66. The van der Waals surface area contributed by atoms with Gasteiger partial charge in [-0.1, -0.05) is 0 Å². The molecule has 1 amide bonds. The van der Waals surface area contributed by atoms with Crippen molar-refractivity contribution in [2.75, 3.05) is 13.1 Å².